The molecular weight excluding hydrogens is 348 g/mol. The lowest BCUT2D eigenvalue weighted by Gasteiger charge is -2.34. The van der Waals surface area contributed by atoms with E-state index in [1.54, 1.807) is 11.1 Å². The average Bonchev–Trinajstić information content (AvgIpc) is 2.42. The molecule has 0 spiro atoms. The SMILES string of the molecule is CC(C)(C)OC(=O)N1CCC(Nc2cc(Br)cnc2N)CC1. The van der Waals surface area contributed by atoms with Crippen LogP contribution in [0.15, 0.2) is 16.7 Å². The lowest BCUT2D eigenvalue weighted by molar-refractivity contribution is 0.0210. The fourth-order valence-corrected chi connectivity index (χ4v) is 2.65. The van der Waals surface area contributed by atoms with Crippen molar-refractivity contribution in [2.24, 2.45) is 0 Å². The third kappa shape index (κ3) is 4.76. The number of hydrogen-bond donors (Lipinski definition) is 2. The first-order valence-corrected chi connectivity index (χ1v) is 8.19. The molecule has 0 aliphatic carbocycles. The zero-order valence-corrected chi connectivity index (χ0v) is 14.8. The van der Waals surface area contributed by atoms with Gasteiger partial charge in [-0.3, -0.25) is 0 Å². The molecule has 0 atom stereocenters. The van der Waals surface area contributed by atoms with Crippen molar-refractivity contribution in [1.82, 2.24) is 9.88 Å². The highest BCUT2D eigenvalue weighted by molar-refractivity contribution is 9.10. The Labute approximate surface area is 139 Å². The van der Waals surface area contributed by atoms with Gasteiger partial charge in [0.25, 0.3) is 0 Å². The largest absolute Gasteiger partial charge is 0.444 e. The Hall–Kier alpha value is -1.50. The first kappa shape index (κ1) is 16.9. The normalized spacial score (nSPS) is 16.5. The molecule has 1 amide bonds. The smallest absolute Gasteiger partial charge is 0.410 e. The van der Waals surface area contributed by atoms with Gasteiger partial charge in [0.15, 0.2) is 0 Å². The minimum atomic E-state index is -0.456. The third-order valence-corrected chi connectivity index (χ3v) is 3.83. The van der Waals surface area contributed by atoms with E-state index in [1.807, 2.05) is 26.8 Å². The molecule has 6 nitrogen and oxygen atoms in total. The summed E-state index contributed by atoms with van der Waals surface area (Å²) < 4.78 is 6.28. The van der Waals surface area contributed by atoms with Crippen LogP contribution in [0.25, 0.3) is 0 Å². The predicted molar refractivity (Wildman–Crippen MR) is 90.8 cm³/mol. The average molecular weight is 371 g/mol. The molecule has 1 aromatic rings. The van der Waals surface area contributed by atoms with Crippen LogP contribution in [0.3, 0.4) is 0 Å². The van der Waals surface area contributed by atoms with Crippen molar-refractivity contribution in [2.45, 2.75) is 45.3 Å². The van der Waals surface area contributed by atoms with Gasteiger partial charge in [0.2, 0.25) is 0 Å². The number of ether oxygens (including phenoxy) is 1. The van der Waals surface area contributed by atoms with Crippen molar-refractivity contribution < 1.29 is 9.53 Å². The second-order valence-corrected chi connectivity index (χ2v) is 7.39. The standard InChI is InChI=1S/C15H23BrN4O2/c1-15(2,3)22-14(21)20-6-4-11(5-7-20)19-12-8-10(16)9-18-13(12)17/h8-9,11,19H,4-7H2,1-3H3,(H2,17,18). The highest BCUT2D eigenvalue weighted by Crippen LogP contribution is 2.24. The number of anilines is 2. The van der Waals surface area contributed by atoms with E-state index in [4.69, 9.17) is 10.5 Å². The van der Waals surface area contributed by atoms with E-state index >= 15 is 0 Å². The van der Waals surface area contributed by atoms with E-state index in [9.17, 15) is 4.79 Å². The molecule has 22 heavy (non-hydrogen) atoms. The molecule has 0 saturated carbocycles. The van der Waals surface area contributed by atoms with Gasteiger partial charge in [0.05, 0.1) is 5.69 Å². The van der Waals surface area contributed by atoms with Gasteiger partial charge >= 0.3 is 6.09 Å². The van der Waals surface area contributed by atoms with Crippen LogP contribution < -0.4 is 11.1 Å². The molecule has 1 aromatic heterocycles. The number of carbonyl (C=O) groups excluding carboxylic acids is 1. The van der Waals surface area contributed by atoms with Gasteiger partial charge < -0.3 is 20.7 Å². The first-order chi connectivity index (χ1) is 10.2. The van der Waals surface area contributed by atoms with E-state index in [0.29, 0.717) is 18.9 Å². The van der Waals surface area contributed by atoms with Gasteiger partial charge in [-0.1, -0.05) is 0 Å². The van der Waals surface area contributed by atoms with Crippen LogP contribution in [0.5, 0.6) is 0 Å². The number of likely N-dealkylation sites (tertiary alicyclic amines) is 1. The number of piperidine rings is 1. The summed E-state index contributed by atoms with van der Waals surface area (Å²) in [7, 11) is 0. The minimum absolute atomic E-state index is 0.241. The number of hydrogen-bond acceptors (Lipinski definition) is 5. The monoisotopic (exact) mass is 370 g/mol. The molecule has 2 rings (SSSR count). The molecule has 1 saturated heterocycles. The molecule has 0 aromatic carbocycles. The van der Waals surface area contributed by atoms with Crippen LogP contribution in [-0.2, 0) is 4.74 Å². The number of aromatic nitrogens is 1. The topological polar surface area (TPSA) is 80.5 Å². The van der Waals surface area contributed by atoms with Gasteiger partial charge in [-0.05, 0) is 55.6 Å². The predicted octanol–water partition coefficient (Wildman–Crippen LogP) is 3.24. The Bertz CT molecular complexity index is 537. The second kappa shape index (κ2) is 6.73. The Morgan fingerprint density at radius 2 is 2.09 bits per heavy atom. The van der Waals surface area contributed by atoms with Gasteiger partial charge in [0, 0.05) is 29.8 Å². The Balaban J connectivity index is 1.87. The molecule has 0 unspecified atom stereocenters. The molecule has 2 heterocycles. The summed E-state index contributed by atoms with van der Waals surface area (Å²) in [6.45, 7) is 6.98. The summed E-state index contributed by atoms with van der Waals surface area (Å²) in [5.74, 6) is 0.484. The molecule has 1 fully saturated rings. The molecule has 0 radical (unpaired) electrons. The lowest BCUT2D eigenvalue weighted by Crippen LogP contribution is -2.44. The minimum Gasteiger partial charge on any atom is -0.444 e. The molecular formula is C15H23BrN4O2. The summed E-state index contributed by atoms with van der Waals surface area (Å²) in [6.07, 6.45) is 3.14. The van der Waals surface area contributed by atoms with E-state index in [-0.39, 0.29) is 12.1 Å². The maximum Gasteiger partial charge on any atom is 0.410 e. The number of rotatable bonds is 2. The van der Waals surface area contributed by atoms with Crippen molar-refractivity contribution in [3.05, 3.63) is 16.7 Å². The molecule has 122 valence electrons. The van der Waals surface area contributed by atoms with Gasteiger partial charge in [-0.15, -0.1) is 0 Å². The lowest BCUT2D eigenvalue weighted by atomic mass is 10.1. The van der Waals surface area contributed by atoms with Gasteiger partial charge in [0.1, 0.15) is 11.4 Å². The summed E-state index contributed by atoms with van der Waals surface area (Å²) >= 11 is 3.39. The van der Waals surface area contributed by atoms with Gasteiger partial charge in [-0.25, -0.2) is 9.78 Å². The Kier molecular flexibility index (Phi) is 5.16. The quantitative estimate of drug-likeness (QED) is 0.834. The van der Waals surface area contributed by atoms with Gasteiger partial charge in [-0.2, -0.15) is 0 Å². The van der Waals surface area contributed by atoms with Crippen molar-refractivity contribution in [3.63, 3.8) is 0 Å². The first-order valence-electron chi connectivity index (χ1n) is 7.40. The number of nitrogens with zero attached hydrogens (tertiary/aromatic N) is 2. The molecule has 7 heteroatoms. The van der Waals surface area contributed by atoms with E-state index in [2.05, 4.69) is 26.2 Å². The Morgan fingerprint density at radius 3 is 2.68 bits per heavy atom. The number of carbonyl (C=O) groups is 1. The molecule has 0 bridgehead atoms. The zero-order valence-electron chi connectivity index (χ0n) is 13.2. The maximum absolute atomic E-state index is 12.0. The van der Waals surface area contributed by atoms with E-state index in [1.165, 1.54) is 0 Å². The van der Waals surface area contributed by atoms with Crippen molar-refractivity contribution in [1.29, 1.82) is 0 Å². The van der Waals surface area contributed by atoms with Crippen LogP contribution in [-0.4, -0.2) is 40.7 Å². The van der Waals surface area contributed by atoms with Crippen molar-refractivity contribution >= 4 is 33.5 Å². The highest BCUT2D eigenvalue weighted by Gasteiger charge is 2.27. The Morgan fingerprint density at radius 1 is 1.45 bits per heavy atom. The number of nitrogens with two attached hydrogens (primary N) is 1. The fourth-order valence-electron chi connectivity index (χ4n) is 2.32. The summed E-state index contributed by atoms with van der Waals surface area (Å²) in [6, 6.07) is 2.19. The number of nitrogen functional groups attached to an aromatic ring is 1. The molecule has 1 aliphatic heterocycles. The third-order valence-electron chi connectivity index (χ3n) is 3.39. The summed E-state index contributed by atoms with van der Waals surface area (Å²) in [4.78, 5) is 17.9. The number of pyridine rings is 1. The zero-order chi connectivity index (χ0) is 16.3. The number of nitrogens with one attached hydrogen (secondary N) is 1. The summed E-state index contributed by atoms with van der Waals surface area (Å²) in [5.41, 5.74) is 6.24. The van der Waals surface area contributed by atoms with Crippen molar-refractivity contribution in [3.8, 4) is 0 Å². The highest BCUT2D eigenvalue weighted by atomic mass is 79.9. The van der Waals surface area contributed by atoms with Crippen LogP contribution in [0, 0.1) is 0 Å². The summed E-state index contributed by atoms with van der Waals surface area (Å²) in [5, 5.41) is 3.40. The van der Waals surface area contributed by atoms with Crippen LogP contribution in [0.4, 0.5) is 16.3 Å². The fraction of sp³-hybridized carbons (Fsp3) is 0.600. The molecule has 1 aliphatic rings. The second-order valence-electron chi connectivity index (χ2n) is 6.47. The van der Waals surface area contributed by atoms with Crippen LogP contribution in [0.1, 0.15) is 33.6 Å². The maximum atomic E-state index is 12.0. The van der Waals surface area contributed by atoms with E-state index < -0.39 is 5.60 Å². The van der Waals surface area contributed by atoms with E-state index in [0.717, 1.165) is 23.0 Å². The molecule has 3 N–H and O–H groups in total. The van der Waals surface area contributed by atoms with Crippen LogP contribution in [0.2, 0.25) is 0 Å². The number of halogens is 1. The van der Waals surface area contributed by atoms with Crippen molar-refractivity contribution in [2.75, 3.05) is 24.1 Å². The number of amides is 1. The van der Waals surface area contributed by atoms with Crippen LogP contribution >= 0.6 is 15.9 Å².